The second kappa shape index (κ2) is 10.3. The fraction of sp³-hybridized carbons (Fsp3) is 0.318. The summed E-state index contributed by atoms with van der Waals surface area (Å²) in [6.07, 6.45) is 3.05. The van der Waals surface area contributed by atoms with Crippen molar-refractivity contribution in [3.8, 4) is 17.2 Å². The van der Waals surface area contributed by atoms with Crippen LogP contribution < -0.4 is 14.2 Å². The van der Waals surface area contributed by atoms with Crippen molar-refractivity contribution in [3.63, 3.8) is 0 Å². The standard InChI is InChI=1S/C22H26O5/c1-5-25-20-8-6-18(15-21(20)24-4)7-9-22(23)27-11-10-26-19-13-16(2)12-17(3)14-19/h6-9,12-15H,5,10-11H2,1-4H3/b9-7+. The first-order valence-electron chi connectivity index (χ1n) is 8.88. The zero-order valence-electron chi connectivity index (χ0n) is 16.3. The average molecular weight is 370 g/mol. The molecular formula is C22H26O5. The maximum atomic E-state index is 11.8. The Morgan fingerprint density at radius 1 is 0.963 bits per heavy atom. The van der Waals surface area contributed by atoms with Gasteiger partial charge in [-0.15, -0.1) is 0 Å². The Kier molecular flexibility index (Phi) is 7.74. The van der Waals surface area contributed by atoms with E-state index in [1.165, 1.54) is 6.08 Å². The van der Waals surface area contributed by atoms with E-state index in [-0.39, 0.29) is 6.61 Å². The number of rotatable bonds is 9. The number of hydrogen-bond donors (Lipinski definition) is 0. The van der Waals surface area contributed by atoms with Crippen molar-refractivity contribution in [2.45, 2.75) is 20.8 Å². The first kappa shape index (κ1) is 20.4. The number of methoxy groups -OCH3 is 1. The van der Waals surface area contributed by atoms with Crippen LogP contribution in [0.25, 0.3) is 6.08 Å². The predicted molar refractivity (Wildman–Crippen MR) is 106 cm³/mol. The van der Waals surface area contributed by atoms with E-state index in [2.05, 4.69) is 6.07 Å². The summed E-state index contributed by atoms with van der Waals surface area (Å²) in [5.41, 5.74) is 3.09. The van der Waals surface area contributed by atoms with Crippen LogP contribution in [0, 0.1) is 13.8 Å². The number of aryl methyl sites for hydroxylation is 2. The van der Waals surface area contributed by atoms with E-state index in [0.717, 1.165) is 22.4 Å². The zero-order chi connectivity index (χ0) is 19.6. The highest BCUT2D eigenvalue weighted by Crippen LogP contribution is 2.28. The van der Waals surface area contributed by atoms with Gasteiger partial charge in [0.15, 0.2) is 11.5 Å². The minimum atomic E-state index is -0.424. The van der Waals surface area contributed by atoms with Gasteiger partial charge in [0, 0.05) is 6.08 Å². The van der Waals surface area contributed by atoms with Gasteiger partial charge in [0.1, 0.15) is 19.0 Å². The van der Waals surface area contributed by atoms with Crippen LogP contribution in [-0.2, 0) is 9.53 Å². The second-order valence-electron chi connectivity index (χ2n) is 6.02. The minimum Gasteiger partial charge on any atom is -0.493 e. The maximum absolute atomic E-state index is 11.8. The van der Waals surface area contributed by atoms with Crippen LogP contribution >= 0.6 is 0 Å². The summed E-state index contributed by atoms with van der Waals surface area (Å²) in [6, 6.07) is 11.4. The minimum absolute atomic E-state index is 0.183. The molecule has 0 heterocycles. The third-order valence-corrected chi connectivity index (χ3v) is 3.69. The molecule has 27 heavy (non-hydrogen) atoms. The van der Waals surface area contributed by atoms with Gasteiger partial charge in [-0.1, -0.05) is 12.1 Å². The van der Waals surface area contributed by atoms with E-state index < -0.39 is 5.97 Å². The summed E-state index contributed by atoms with van der Waals surface area (Å²) < 4.78 is 21.5. The molecule has 0 unspecified atom stereocenters. The summed E-state index contributed by atoms with van der Waals surface area (Å²) in [5.74, 6) is 1.64. The molecule has 0 aliphatic rings. The van der Waals surface area contributed by atoms with Crippen molar-refractivity contribution in [1.82, 2.24) is 0 Å². The van der Waals surface area contributed by atoms with Gasteiger partial charge in [-0.25, -0.2) is 4.79 Å². The lowest BCUT2D eigenvalue weighted by Crippen LogP contribution is -2.10. The van der Waals surface area contributed by atoms with E-state index in [1.54, 1.807) is 19.3 Å². The highest BCUT2D eigenvalue weighted by molar-refractivity contribution is 5.87. The second-order valence-corrected chi connectivity index (χ2v) is 6.02. The fourth-order valence-electron chi connectivity index (χ4n) is 2.59. The van der Waals surface area contributed by atoms with Gasteiger partial charge in [0.05, 0.1) is 13.7 Å². The lowest BCUT2D eigenvalue weighted by atomic mass is 10.1. The molecule has 5 heteroatoms. The number of esters is 1. The number of hydrogen-bond acceptors (Lipinski definition) is 5. The van der Waals surface area contributed by atoms with Crippen LogP contribution in [0.5, 0.6) is 17.2 Å². The molecule has 0 saturated carbocycles. The summed E-state index contributed by atoms with van der Waals surface area (Å²) in [6.45, 7) is 6.98. The highest BCUT2D eigenvalue weighted by atomic mass is 16.6. The molecule has 0 spiro atoms. The van der Waals surface area contributed by atoms with Crippen LogP contribution in [-0.4, -0.2) is 32.9 Å². The van der Waals surface area contributed by atoms with Crippen molar-refractivity contribution in [3.05, 3.63) is 59.2 Å². The topological polar surface area (TPSA) is 54.0 Å². The molecule has 2 rings (SSSR count). The van der Waals surface area contributed by atoms with E-state index in [1.807, 2.05) is 45.0 Å². The number of carbonyl (C=O) groups excluding carboxylic acids is 1. The third-order valence-electron chi connectivity index (χ3n) is 3.69. The van der Waals surface area contributed by atoms with Gasteiger partial charge >= 0.3 is 5.97 Å². The first-order valence-corrected chi connectivity index (χ1v) is 8.88. The van der Waals surface area contributed by atoms with Crippen molar-refractivity contribution in [2.75, 3.05) is 26.9 Å². The van der Waals surface area contributed by atoms with E-state index >= 15 is 0 Å². The van der Waals surface area contributed by atoms with Crippen LogP contribution in [0.3, 0.4) is 0 Å². The first-order chi connectivity index (χ1) is 13.0. The molecule has 0 bridgehead atoms. The maximum Gasteiger partial charge on any atom is 0.330 e. The summed E-state index contributed by atoms with van der Waals surface area (Å²) in [4.78, 5) is 11.8. The Morgan fingerprint density at radius 3 is 2.37 bits per heavy atom. The number of ether oxygens (including phenoxy) is 4. The van der Waals surface area contributed by atoms with Crippen LogP contribution in [0.1, 0.15) is 23.6 Å². The lowest BCUT2D eigenvalue weighted by molar-refractivity contribution is -0.138. The molecule has 0 atom stereocenters. The molecule has 0 N–H and O–H groups in total. The molecule has 0 amide bonds. The lowest BCUT2D eigenvalue weighted by Gasteiger charge is -2.09. The van der Waals surface area contributed by atoms with Crippen LogP contribution in [0.15, 0.2) is 42.5 Å². The summed E-state index contributed by atoms with van der Waals surface area (Å²) >= 11 is 0. The molecule has 0 saturated heterocycles. The van der Waals surface area contributed by atoms with Gasteiger partial charge in [-0.05, 0) is 67.8 Å². The van der Waals surface area contributed by atoms with Crippen LogP contribution in [0.4, 0.5) is 0 Å². The molecular weight excluding hydrogens is 344 g/mol. The van der Waals surface area contributed by atoms with Gasteiger partial charge in [0.25, 0.3) is 0 Å². The van der Waals surface area contributed by atoms with Crippen molar-refractivity contribution >= 4 is 12.0 Å². The molecule has 0 radical (unpaired) electrons. The fourth-order valence-corrected chi connectivity index (χ4v) is 2.59. The van der Waals surface area contributed by atoms with Gasteiger partial charge < -0.3 is 18.9 Å². The molecule has 5 nitrogen and oxygen atoms in total. The van der Waals surface area contributed by atoms with Crippen LogP contribution in [0.2, 0.25) is 0 Å². The molecule has 0 aliphatic carbocycles. The molecule has 2 aromatic rings. The van der Waals surface area contributed by atoms with E-state index in [0.29, 0.717) is 24.7 Å². The molecule has 0 aromatic heterocycles. The Labute approximate surface area is 160 Å². The van der Waals surface area contributed by atoms with E-state index in [9.17, 15) is 4.79 Å². The summed E-state index contributed by atoms with van der Waals surface area (Å²) in [7, 11) is 1.58. The quantitative estimate of drug-likeness (QED) is 0.373. The smallest absolute Gasteiger partial charge is 0.330 e. The number of carbonyl (C=O) groups is 1. The number of benzene rings is 2. The van der Waals surface area contributed by atoms with Gasteiger partial charge in [-0.2, -0.15) is 0 Å². The third kappa shape index (κ3) is 6.70. The average Bonchev–Trinajstić information content (AvgIpc) is 2.64. The predicted octanol–water partition coefficient (Wildman–Crippen LogP) is 4.35. The Morgan fingerprint density at radius 2 is 1.70 bits per heavy atom. The molecule has 0 aliphatic heterocycles. The monoisotopic (exact) mass is 370 g/mol. The Hall–Kier alpha value is -2.95. The van der Waals surface area contributed by atoms with Crippen molar-refractivity contribution < 1.29 is 23.7 Å². The molecule has 144 valence electrons. The Bertz CT molecular complexity index is 775. The van der Waals surface area contributed by atoms with E-state index in [4.69, 9.17) is 18.9 Å². The zero-order valence-corrected chi connectivity index (χ0v) is 16.3. The molecule has 2 aromatic carbocycles. The normalized spacial score (nSPS) is 10.7. The van der Waals surface area contributed by atoms with Gasteiger partial charge in [-0.3, -0.25) is 0 Å². The summed E-state index contributed by atoms with van der Waals surface area (Å²) in [5, 5.41) is 0. The highest BCUT2D eigenvalue weighted by Gasteiger charge is 2.05. The van der Waals surface area contributed by atoms with Crippen molar-refractivity contribution in [2.24, 2.45) is 0 Å². The Balaban J connectivity index is 1.81. The van der Waals surface area contributed by atoms with Gasteiger partial charge in [0.2, 0.25) is 0 Å². The molecule has 0 fully saturated rings. The SMILES string of the molecule is CCOc1ccc(/C=C/C(=O)OCCOc2cc(C)cc(C)c2)cc1OC. The van der Waals surface area contributed by atoms with Crippen molar-refractivity contribution in [1.29, 1.82) is 0 Å². The largest absolute Gasteiger partial charge is 0.493 e.